The fraction of sp³-hybridized carbons (Fsp3) is 0.615. The number of rotatable bonds is 5. The first-order chi connectivity index (χ1) is 8.65. The van der Waals surface area contributed by atoms with Crippen molar-refractivity contribution >= 4 is 28.2 Å². The summed E-state index contributed by atoms with van der Waals surface area (Å²) in [5, 5.41) is 4.96. The molecule has 5 heteroatoms. The van der Waals surface area contributed by atoms with E-state index in [0.29, 0.717) is 17.2 Å². The molecule has 1 aliphatic carbocycles. The topological polar surface area (TPSA) is 59.1 Å². The summed E-state index contributed by atoms with van der Waals surface area (Å²) in [7, 11) is 0. The average molecular weight is 266 g/mol. The number of aromatic nitrogens is 1. The van der Waals surface area contributed by atoms with Crippen LogP contribution in [-0.2, 0) is 4.79 Å². The Labute approximate surface area is 111 Å². The molecule has 1 fully saturated rings. The van der Waals surface area contributed by atoms with E-state index in [1.54, 1.807) is 5.38 Å². The standard InChI is InChI=1S/C13H18N2O2S/c1-9(16)11-8-18-13(14-11)15-12(17)7-6-10-4-2-3-5-10/h8,10H,2-7H2,1H3,(H,14,15,17). The molecular formula is C13H18N2O2S. The Bertz CT molecular complexity index is 436. The number of carbonyl (C=O) groups is 2. The van der Waals surface area contributed by atoms with Crippen LogP contribution in [0.25, 0.3) is 0 Å². The molecule has 0 saturated heterocycles. The quantitative estimate of drug-likeness (QED) is 0.832. The molecule has 18 heavy (non-hydrogen) atoms. The van der Waals surface area contributed by atoms with Gasteiger partial charge in [-0.3, -0.25) is 9.59 Å². The molecule has 98 valence electrons. The Morgan fingerprint density at radius 2 is 2.17 bits per heavy atom. The monoisotopic (exact) mass is 266 g/mol. The van der Waals surface area contributed by atoms with Crippen molar-refractivity contribution in [3.63, 3.8) is 0 Å². The lowest BCUT2D eigenvalue weighted by atomic mass is 10.0. The first kappa shape index (κ1) is 13.2. The molecule has 0 atom stereocenters. The van der Waals surface area contributed by atoms with Crippen LogP contribution in [0.5, 0.6) is 0 Å². The molecule has 2 rings (SSSR count). The molecule has 0 aliphatic heterocycles. The Kier molecular flexibility index (Phi) is 4.47. The fourth-order valence-corrected chi connectivity index (χ4v) is 3.07. The van der Waals surface area contributed by atoms with Gasteiger partial charge in [-0.05, 0) is 12.3 Å². The van der Waals surface area contributed by atoms with E-state index in [1.165, 1.54) is 43.9 Å². The van der Waals surface area contributed by atoms with Gasteiger partial charge in [0, 0.05) is 18.7 Å². The van der Waals surface area contributed by atoms with E-state index >= 15 is 0 Å². The second kappa shape index (κ2) is 6.09. The number of amides is 1. The highest BCUT2D eigenvalue weighted by Crippen LogP contribution is 2.28. The Balaban J connectivity index is 1.77. The van der Waals surface area contributed by atoms with Crippen LogP contribution in [0.4, 0.5) is 5.13 Å². The SMILES string of the molecule is CC(=O)c1csc(NC(=O)CCC2CCCC2)n1. The van der Waals surface area contributed by atoms with Crippen LogP contribution in [-0.4, -0.2) is 16.7 Å². The lowest BCUT2D eigenvalue weighted by molar-refractivity contribution is -0.116. The maximum Gasteiger partial charge on any atom is 0.226 e. The van der Waals surface area contributed by atoms with Gasteiger partial charge in [0.1, 0.15) is 5.69 Å². The van der Waals surface area contributed by atoms with E-state index in [2.05, 4.69) is 10.3 Å². The van der Waals surface area contributed by atoms with Crippen LogP contribution in [0.2, 0.25) is 0 Å². The van der Waals surface area contributed by atoms with Gasteiger partial charge in [-0.2, -0.15) is 0 Å². The highest BCUT2D eigenvalue weighted by Gasteiger charge is 2.16. The molecule has 1 saturated carbocycles. The third kappa shape index (κ3) is 3.63. The number of carbonyl (C=O) groups excluding carboxylic acids is 2. The van der Waals surface area contributed by atoms with Crippen LogP contribution < -0.4 is 5.32 Å². The molecular weight excluding hydrogens is 248 g/mol. The van der Waals surface area contributed by atoms with Gasteiger partial charge in [0.2, 0.25) is 5.91 Å². The lowest BCUT2D eigenvalue weighted by Crippen LogP contribution is -2.12. The van der Waals surface area contributed by atoms with Crippen molar-refractivity contribution in [3.8, 4) is 0 Å². The average Bonchev–Trinajstić information content (AvgIpc) is 2.96. The molecule has 1 aliphatic rings. The second-order valence-corrected chi connectivity index (χ2v) is 5.69. The zero-order valence-corrected chi connectivity index (χ0v) is 11.4. The summed E-state index contributed by atoms with van der Waals surface area (Å²) in [6.07, 6.45) is 6.66. The van der Waals surface area contributed by atoms with E-state index in [-0.39, 0.29) is 11.7 Å². The molecule has 0 unspecified atom stereocenters. The van der Waals surface area contributed by atoms with Gasteiger partial charge in [-0.1, -0.05) is 25.7 Å². The molecule has 1 aromatic heterocycles. The predicted molar refractivity (Wildman–Crippen MR) is 71.9 cm³/mol. The van der Waals surface area contributed by atoms with Gasteiger partial charge < -0.3 is 5.32 Å². The van der Waals surface area contributed by atoms with Crippen LogP contribution in [0.1, 0.15) is 55.9 Å². The number of hydrogen-bond acceptors (Lipinski definition) is 4. The van der Waals surface area contributed by atoms with Gasteiger partial charge in [-0.25, -0.2) is 4.98 Å². The van der Waals surface area contributed by atoms with Gasteiger partial charge in [-0.15, -0.1) is 11.3 Å². The molecule has 0 aromatic carbocycles. The van der Waals surface area contributed by atoms with Crippen LogP contribution >= 0.6 is 11.3 Å². The molecule has 1 aromatic rings. The molecule has 1 N–H and O–H groups in total. The molecule has 1 heterocycles. The van der Waals surface area contributed by atoms with Gasteiger partial charge in [0.25, 0.3) is 0 Å². The van der Waals surface area contributed by atoms with Crippen molar-refractivity contribution in [1.29, 1.82) is 0 Å². The number of hydrogen-bond donors (Lipinski definition) is 1. The lowest BCUT2D eigenvalue weighted by Gasteiger charge is -2.07. The minimum Gasteiger partial charge on any atom is -0.302 e. The van der Waals surface area contributed by atoms with Gasteiger partial charge >= 0.3 is 0 Å². The molecule has 0 spiro atoms. The first-order valence-corrected chi connectivity index (χ1v) is 7.29. The summed E-state index contributed by atoms with van der Waals surface area (Å²) in [5.74, 6) is 0.656. The highest BCUT2D eigenvalue weighted by molar-refractivity contribution is 7.14. The van der Waals surface area contributed by atoms with Crippen LogP contribution in [0.15, 0.2) is 5.38 Å². The summed E-state index contributed by atoms with van der Waals surface area (Å²) >= 11 is 1.30. The predicted octanol–water partition coefficient (Wildman–Crippen LogP) is 3.25. The molecule has 0 bridgehead atoms. The van der Waals surface area contributed by atoms with E-state index in [0.717, 1.165) is 12.3 Å². The number of Topliss-reactive ketones (excluding diaryl/α,β-unsaturated/α-hetero) is 1. The maximum atomic E-state index is 11.7. The van der Waals surface area contributed by atoms with E-state index in [9.17, 15) is 9.59 Å². The second-order valence-electron chi connectivity index (χ2n) is 4.83. The van der Waals surface area contributed by atoms with Gasteiger partial charge in [0.05, 0.1) is 0 Å². The van der Waals surface area contributed by atoms with Crippen LogP contribution in [0, 0.1) is 5.92 Å². The zero-order valence-electron chi connectivity index (χ0n) is 10.6. The number of nitrogens with one attached hydrogen (secondary N) is 1. The molecule has 1 amide bonds. The van der Waals surface area contributed by atoms with Crippen molar-refractivity contribution in [1.82, 2.24) is 4.98 Å². The minimum absolute atomic E-state index is 0.00588. The maximum absolute atomic E-state index is 11.7. The number of ketones is 1. The smallest absolute Gasteiger partial charge is 0.226 e. The Morgan fingerprint density at radius 3 is 2.78 bits per heavy atom. The van der Waals surface area contributed by atoms with Crippen LogP contribution in [0.3, 0.4) is 0 Å². The molecule has 0 radical (unpaired) electrons. The van der Waals surface area contributed by atoms with Crippen molar-refractivity contribution in [3.05, 3.63) is 11.1 Å². The highest BCUT2D eigenvalue weighted by atomic mass is 32.1. The Hall–Kier alpha value is -1.23. The number of nitrogens with zero attached hydrogens (tertiary/aromatic N) is 1. The summed E-state index contributed by atoms with van der Waals surface area (Å²) in [4.78, 5) is 26.9. The first-order valence-electron chi connectivity index (χ1n) is 6.41. The van der Waals surface area contributed by atoms with E-state index < -0.39 is 0 Å². The van der Waals surface area contributed by atoms with Crippen molar-refractivity contribution in [2.75, 3.05) is 5.32 Å². The van der Waals surface area contributed by atoms with E-state index in [1.807, 2.05) is 0 Å². The minimum atomic E-state index is -0.0716. The summed E-state index contributed by atoms with van der Waals surface area (Å²) in [6, 6.07) is 0. The van der Waals surface area contributed by atoms with E-state index in [4.69, 9.17) is 0 Å². The molecule has 4 nitrogen and oxygen atoms in total. The number of anilines is 1. The fourth-order valence-electron chi connectivity index (χ4n) is 2.31. The zero-order chi connectivity index (χ0) is 13.0. The summed E-state index contributed by atoms with van der Waals surface area (Å²) in [6.45, 7) is 1.47. The summed E-state index contributed by atoms with van der Waals surface area (Å²) < 4.78 is 0. The normalized spacial score (nSPS) is 15.8. The largest absolute Gasteiger partial charge is 0.302 e. The third-order valence-electron chi connectivity index (χ3n) is 3.37. The number of thiazole rings is 1. The third-order valence-corrected chi connectivity index (χ3v) is 4.12. The van der Waals surface area contributed by atoms with Crippen molar-refractivity contribution in [2.45, 2.75) is 45.4 Å². The summed E-state index contributed by atoms with van der Waals surface area (Å²) in [5.41, 5.74) is 0.422. The van der Waals surface area contributed by atoms with Crippen molar-refractivity contribution in [2.24, 2.45) is 5.92 Å². The van der Waals surface area contributed by atoms with Crippen molar-refractivity contribution < 1.29 is 9.59 Å². The Morgan fingerprint density at radius 1 is 1.44 bits per heavy atom. The van der Waals surface area contributed by atoms with Gasteiger partial charge in [0.15, 0.2) is 10.9 Å².